The van der Waals surface area contributed by atoms with Crippen LogP contribution in [0.1, 0.15) is 55.1 Å². The third-order valence-corrected chi connectivity index (χ3v) is 6.30. The molecule has 0 spiro atoms. The van der Waals surface area contributed by atoms with Gasteiger partial charge in [-0.05, 0) is 32.6 Å². The van der Waals surface area contributed by atoms with Crippen molar-refractivity contribution in [3.8, 4) is 0 Å². The number of hydrogen-bond acceptors (Lipinski definition) is 7. The van der Waals surface area contributed by atoms with Crippen LogP contribution in [0.5, 0.6) is 0 Å². The Morgan fingerprint density at radius 1 is 1.43 bits per heavy atom. The highest BCUT2D eigenvalue weighted by Gasteiger charge is 2.36. The average molecular weight is 350 g/mol. The van der Waals surface area contributed by atoms with Gasteiger partial charge in [-0.2, -0.15) is 4.98 Å². The van der Waals surface area contributed by atoms with Crippen LogP contribution in [-0.4, -0.2) is 38.2 Å². The van der Waals surface area contributed by atoms with Crippen LogP contribution in [-0.2, 0) is 4.79 Å². The van der Waals surface area contributed by atoms with Crippen LogP contribution in [0.3, 0.4) is 0 Å². The van der Waals surface area contributed by atoms with Crippen molar-refractivity contribution in [1.82, 2.24) is 20.0 Å². The summed E-state index contributed by atoms with van der Waals surface area (Å²) in [6.07, 6.45) is 4.18. The van der Waals surface area contributed by atoms with Crippen molar-refractivity contribution < 1.29 is 9.32 Å². The number of carbonyl (C=O) groups excluding carboxylic acids is 1. The van der Waals surface area contributed by atoms with Gasteiger partial charge in [0.25, 0.3) is 0 Å². The van der Waals surface area contributed by atoms with Gasteiger partial charge in [0.2, 0.25) is 11.8 Å². The van der Waals surface area contributed by atoms with Crippen LogP contribution in [0.4, 0.5) is 0 Å². The molecular formula is C15H18N4O2S2. The van der Waals surface area contributed by atoms with E-state index in [9.17, 15) is 4.79 Å². The standard InChI is InChI=1S/C15H18N4O2S2/c1-9-7-22-15(16-9)23-8-12(20)19-6-2-3-11(19)14-17-13(18-21-14)10-4-5-10/h7,10-11H,2-6,8H2,1H3/t11-/m0/s1. The van der Waals surface area contributed by atoms with Crippen molar-refractivity contribution in [2.24, 2.45) is 0 Å². The van der Waals surface area contributed by atoms with Crippen molar-refractivity contribution in [3.05, 3.63) is 22.8 Å². The fraction of sp³-hybridized carbons (Fsp3) is 0.600. The van der Waals surface area contributed by atoms with E-state index in [2.05, 4.69) is 15.1 Å². The minimum atomic E-state index is -0.0545. The highest BCUT2D eigenvalue weighted by Crippen LogP contribution is 2.40. The summed E-state index contributed by atoms with van der Waals surface area (Å²) in [6.45, 7) is 2.73. The van der Waals surface area contributed by atoms with Gasteiger partial charge in [0.15, 0.2) is 10.2 Å². The van der Waals surface area contributed by atoms with Gasteiger partial charge in [0.05, 0.1) is 5.75 Å². The number of thioether (sulfide) groups is 1. The van der Waals surface area contributed by atoms with Crippen molar-refractivity contribution in [3.63, 3.8) is 0 Å². The average Bonchev–Trinajstić information content (AvgIpc) is 2.96. The Morgan fingerprint density at radius 3 is 3.04 bits per heavy atom. The number of nitrogens with zero attached hydrogens (tertiary/aromatic N) is 4. The molecule has 0 aromatic carbocycles. The molecule has 2 aromatic rings. The Labute approximate surface area is 142 Å². The van der Waals surface area contributed by atoms with Crippen molar-refractivity contribution >= 4 is 29.0 Å². The lowest BCUT2D eigenvalue weighted by molar-refractivity contribution is -0.129. The lowest BCUT2D eigenvalue weighted by atomic mass is 10.2. The molecular weight excluding hydrogens is 332 g/mol. The quantitative estimate of drug-likeness (QED) is 0.771. The first kappa shape index (κ1) is 15.1. The Morgan fingerprint density at radius 2 is 2.30 bits per heavy atom. The molecule has 1 saturated heterocycles. The molecule has 23 heavy (non-hydrogen) atoms. The fourth-order valence-electron chi connectivity index (χ4n) is 2.82. The van der Waals surface area contributed by atoms with Crippen molar-refractivity contribution in [1.29, 1.82) is 0 Å². The lowest BCUT2D eigenvalue weighted by Gasteiger charge is -2.21. The van der Waals surface area contributed by atoms with Crippen LogP contribution in [0, 0.1) is 6.92 Å². The number of thiazole rings is 1. The van der Waals surface area contributed by atoms with Gasteiger partial charge in [0, 0.05) is 23.5 Å². The van der Waals surface area contributed by atoms with Gasteiger partial charge >= 0.3 is 0 Å². The maximum Gasteiger partial charge on any atom is 0.249 e. The second kappa shape index (κ2) is 6.24. The maximum absolute atomic E-state index is 12.6. The van der Waals surface area contributed by atoms with Gasteiger partial charge < -0.3 is 9.42 Å². The van der Waals surface area contributed by atoms with Crippen molar-refractivity contribution in [2.75, 3.05) is 12.3 Å². The molecule has 1 amide bonds. The first-order valence-electron chi connectivity index (χ1n) is 7.88. The second-order valence-corrected chi connectivity index (χ2v) is 8.13. The summed E-state index contributed by atoms with van der Waals surface area (Å²) in [4.78, 5) is 23.3. The van der Waals surface area contributed by atoms with Gasteiger partial charge in [-0.3, -0.25) is 4.79 Å². The molecule has 2 fully saturated rings. The summed E-state index contributed by atoms with van der Waals surface area (Å²) >= 11 is 3.09. The fourth-order valence-corrected chi connectivity index (χ4v) is 4.55. The SMILES string of the molecule is Cc1csc(SCC(=O)N2CCC[C@H]2c2nc(C3CC3)no2)n1. The van der Waals surface area contributed by atoms with Crippen LogP contribution < -0.4 is 0 Å². The predicted octanol–water partition coefficient (Wildman–Crippen LogP) is 3.17. The molecule has 0 N–H and O–H groups in total. The highest BCUT2D eigenvalue weighted by atomic mass is 32.2. The van der Waals surface area contributed by atoms with Gasteiger partial charge in [-0.25, -0.2) is 4.98 Å². The lowest BCUT2D eigenvalue weighted by Crippen LogP contribution is -2.32. The minimum Gasteiger partial charge on any atom is -0.337 e. The van der Waals surface area contributed by atoms with E-state index in [1.165, 1.54) is 11.8 Å². The zero-order valence-electron chi connectivity index (χ0n) is 12.9. The molecule has 1 saturated carbocycles. The number of aryl methyl sites for hydroxylation is 1. The molecule has 0 radical (unpaired) electrons. The second-order valence-electron chi connectivity index (χ2n) is 6.05. The molecule has 8 heteroatoms. The van der Waals surface area contributed by atoms with E-state index in [-0.39, 0.29) is 11.9 Å². The summed E-state index contributed by atoms with van der Waals surface area (Å²) in [5.41, 5.74) is 1.00. The van der Waals surface area contributed by atoms with E-state index in [1.807, 2.05) is 17.2 Å². The first-order valence-corrected chi connectivity index (χ1v) is 9.75. The normalized spacial score (nSPS) is 21.1. The zero-order chi connectivity index (χ0) is 15.8. The molecule has 3 heterocycles. The van der Waals surface area contributed by atoms with Crippen LogP contribution >= 0.6 is 23.1 Å². The molecule has 122 valence electrons. The summed E-state index contributed by atoms with van der Waals surface area (Å²) in [5, 5.41) is 6.08. The van der Waals surface area contributed by atoms with E-state index in [1.54, 1.807) is 11.3 Å². The number of aromatic nitrogens is 3. The molecule has 1 atom stereocenters. The molecule has 2 aromatic heterocycles. The summed E-state index contributed by atoms with van der Waals surface area (Å²) in [6, 6.07) is -0.0545. The van der Waals surface area contributed by atoms with E-state index >= 15 is 0 Å². The molecule has 6 nitrogen and oxygen atoms in total. The number of amides is 1. The van der Waals surface area contributed by atoms with E-state index in [4.69, 9.17) is 4.52 Å². The van der Waals surface area contributed by atoms with Gasteiger partial charge in [-0.1, -0.05) is 16.9 Å². The summed E-state index contributed by atoms with van der Waals surface area (Å²) in [7, 11) is 0. The zero-order valence-corrected chi connectivity index (χ0v) is 14.5. The number of rotatable bonds is 5. The van der Waals surface area contributed by atoms with Crippen LogP contribution in [0.15, 0.2) is 14.2 Å². The van der Waals surface area contributed by atoms with E-state index in [0.717, 1.165) is 48.1 Å². The predicted molar refractivity (Wildman–Crippen MR) is 87.5 cm³/mol. The number of likely N-dealkylation sites (tertiary alicyclic amines) is 1. The first-order chi connectivity index (χ1) is 11.2. The smallest absolute Gasteiger partial charge is 0.249 e. The third kappa shape index (κ3) is 3.28. The van der Waals surface area contributed by atoms with Gasteiger partial charge in [0.1, 0.15) is 6.04 Å². The topological polar surface area (TPSA) is 72.1 Å². The van der Waals surface area contributed by atoms with Crippen LogP contribution in [0.2, 0.25) is 0 Å². The number of carbonyl (C=O) groups is 1. The van der Waals surface area contributed by atoms with E-state index < -0.39 is 0 Å². The monoisotopic (exact) mass is 350 g/mol. The number of hydrogen-bond donors (Lipinski definition) is 0. The summed E-state index contributed by atoms with van der Waals surface area (Å²) in [5.74, 6) is 2.42. The van der Waals surface area contributed by atoms with Gasteiger partial charge in [-0.15, -0.1) is 11.3 Å². The Balaban J connectivity index is 1.40. The Hall–Kier alpha value is -1.41. The Bertz CT molecular complexity index is 710. The molecule has 4 rings (SSSR count). The largest absolute Gasteiger partial charge is 0.337 e. The summed E-state index contributed by atoms with van der Waals surface area (Å²) < 4.78 is 6.37. The van der Waals surface area contributed by atoms with Crippen LogP contribution in [0.25, 0.3) is 0 Å². The Kier molecular flexibility index (Phi) is 4.11. The molecule has 2 aliphatic rings. The molecule has 0 bridgehead atoms. The minimum absolute atomic E-state index is 0.0545. The highest BCUT2D eigenvalue weighted by molar-refractivity contribution is 8.01. The third-order valence-electron chi connectivity index (χ3n) is 4.18. The van der Waals surface area contributed by atoms with E-state index in [0.29, 0.717) is 17.6 Å². The molecule has 1 aliphatic heterocycles. The molecule has 0 unspecified atom stereocenters. The maximum atomic E-state index is 12.6. The molecule has 1 aliphatic carbocycles. The van der Waals surface area contributed by atoms with Crippen molar-refractivity contribution in [2.45, 2.75) is 48.9 Å².